The smallest absolute Gasteiger partial charge is 0.253 e. The van der Waals surface area contributed by atoms with Crippen molar-refractivity contribution >= 4 is 17.2 Å². The number of nitrogens with zero attached hydrogens (tertiary/aromatic N) is 1. The Kier molecular flexibility index (Phi) is 4.20. The SMILES string of the molecule is COc1ccc(Cn2cccc(C)c2=O)cc1C(N)=S. The second kappa shape index (κ2) is 5.88. The van der Waals surface area contributed by atoms with Crippen LogP contribution in [0.25, 0.3) is 0 Å². The van der Waals surface area contributed by atoms with E-state index >= 15 is 0 Å². The number of hydrogen-bond acceptors (Lipinski definition) is 3. The molecule has 0 aliphatic heterocycles. The van der Waals surface area contributed by atoms with Crippen molar-refractivity contribution in [3.63, 3.8) is 0 Å². The van der Waals surface area contributed by atoms with Crippen LogP contribution in [-0.4, -0.2) is 16.7 Å². The lowest BCUT2D eigenvalue weighted by Gasteiger charge is -2.11. The highest BCUT2D eigenvalue weighted by molar-refractivity contribution is 7.80. The molecule has 20 heavy (non-hydrogen) atoms. The molecule has 0 saturated heterocycles. The summed E-state index contributed by atoms with van der Waals surface area (Å²) in [4.78, 5) is 12.3. The zero-order valence-electron chi connectivity index (χ0n) is 11.4. The molecule has 2 aromatic rings. The summed E-state index contributed by atoms with van der Waals surface area (Å²) in [7, 11) is 1.57. The van der Waals surface area contributed by atoms with Gasteiger partial charge in [-0.1, -0.05) is 24.4 Å². The van der Waals surface area contributed by atoms with Crippen LogP contribution < -0.4 is 16.0 Å². The van der Waals surface area contributed by atoms with E-state index in [1.165, 1.54) is 0 Å². The van der Waals surface area contributed by atoms with E-state index in [0.29, 0.717) is 17.9 Å². The first kappa shape index (κ1) is 14.3. The summed E-state index contributed by atoms with van der Waals surface area (Å²) in [5, 5.41) is 0. The highest BCUT2D eigenvalue weighted by atomic mass is 32.1. The molecule has 0 atom stereocenters. The Hall–Kier alpha value is -2.14. The number of methoxy groups -OCH3 is 1. The number of nitrogens with two attached hydrogens (primary N) is 1. The number of hydrogen-bond donors (Lipinski definition) is 1. The van der Waals surface area contributed by atoms with Crippen LogP contribution >= 0.6 is 12.2 Å². The van der Waals surface area contributed by atoms with E-state index in [4.69, 9.17) is 22.7 Å². The minimum absolute atomic E-state index is 0.000179. The Morgan fingerprint density at radius 2 is 2.15 bits per heavy atom. The molecule has 0 saturated carbocycles. The molecular weight excluding hydrogens is 272 g/mol. The van der Waals surface area contributed by atoms with E-state index in [2.05, 4.69) is 0 Å². The third-order valence-corrected chi connectivity index (χ3v) is 3.31. The van der Waals surface area contributed by atoms with E-state index in [-0.39, 0.29) is 10.5 Å². The lowest BCUT2D eigenvalue weighted by Crippen LogP contribution is -2.22. The van der Waals surface area contributed by atoms with Crippen molar-refractivity contribution in [3.05, 3.63) is 63.6 Å². The van der Waals surface area contributed by atoms with Gasteiger partial charge in [0.05, 0.1) is 19.2 Å². The van der Waals surface area contributed by atoms with Gasteiger partial charge >= 0.3 is 0 Å². The summed E-state index contributed by atoms with van der Waals surface area (Å²) in [5.41, 5.74) is 8.03. The number of pyridine rings is 1. The quantitative estimate of drug-likeness (QED) is 0.872. The Morgan fingerprint density at radius 1 is 1.40 bits per heavy atom. The molecule has 4 nitrogen and oxygen atoms in total. The van der Waals surface area contributed by atoms with Gasteiger partial charge in [-0.2, -0.15) is 0 Å². The fraction of sp³-hybridized carbons (Fsp3) is 0.200. The average Bonchev–Trinajstić information content (AvgIpc) is 2.43. The highest BCUT2D eigenvalue weighted by Gasteiger charge is 2.08. The maximum absolute atomic E-state index is 12.0. The normalized spacial score (nSPS) is 10.3. The predicted octanol–water partition coefficient (Wildman–Crippen LogP) is 1.85. The molecule has 1 aromatic carbocycles. The monoisotopic (exact) mass is 288 g/mol. The van der Waals surface area contributed by atoms with Crippen molar-refractivity contribution in [2.45, 2.75) is 13.5 Å². The Bertz CT molecular complexity index is 707. The van der Waals surface area contributed by atoms with Gasteiger partial charge in [0.15, 0.2) is 0 Å². The first-order valence-corrected chi connectivity index (χ1v) is 6.56. The van der Waals surface area contributed by atoms with Crippen molar-refractivity contribution in [2.24, 2.45) is 5.73 Å². The minimum Gasteiger partial charge on any atom is -0.496 e. The van der Waals surface area contributed by atoms with Crippen LogP contribution in [0.4, 0.5) is 0 Å². The Morgan fingerprint density at radius 3 is 2.80 bits per heavy atom. The Balaban J connectivity index is 2.39. The van der Waals surface area contributed by atoms with Gasteiger partial charge in [-0.25, -0.2) is 0 Å². The summed E-state index contributed by atoms with van der Waals surface area (Å²) in [6.45, 7) is 2.27. The van der Waals surface area contributed by atoms with Crippen molar-refractivity contribution in [1.82, 2.24) is 4.57 Å². The maximum Gasteiger partial charge on any atom is 0.253 e. The molecule has 0 fully saturated rings. The van der Waals surface area contributed by atoms with Crippen LogP contribution in [0.5, 0.6) is 5.75 Å². The van der Waals surface area contributed by atoms with Crippen molar-refractivity contribution in [3.8, 4) is 5.75 Å². The summed E-state index contributed by atoms with van der Waals surface area (Å²) < 4.78 is 6.87. The molecule has 0 radical (unpaired) electrons. The number of aryl methyl sites for hydroxylation is 1. The molecule has 104 valence electrons. The third kappa shape index (κ3) is 2.88. The fourth-order valence-corrected chi connectivity index (χ4v) is 2.18. The molecule has 0 aliphatic rings. The summed E-state index contributed by atoms with van der Waals surface area (Å²) in [6, 6.07) is 9.22. The summed E-state index contributed by atoms with van der Waals surface area (Å²) >= 11 is 5.02. The predicted molar refractivity (Wildman–Crippen MR) is 83.4 cm³/mol. The van der Waals surface area contributed by atoms with Crippen LogP contribution in [0.3, 0.4) is 0 Å². The molecule has 1 aromatic heterocycles. The van der Waals surface area contributed by atoms with E-state index in [9.17, 15) is 4.79 Å². The van der Waals surface area contributed by atoms with Crippen LogP contribution in [-0.2, 0) is 6.54 Å². The molecular formula is C15H16N2O2S. The van der Waals surface area contributed by atoms with E-state index in [1.54, 1.807) is 30.9 Å². The lowest BCUT2D eigenvalue weighted by atomic mass is 10.1. The first-order valence-electron chi connectivity index (χ1n) is 6.15. The van der Waals surface area contributed by atoms with Crippen molar-refractivity contribution in [2.75, 3.05) is 7.11 Å². The molecule has 0 unspecified atom stereocenters. The summed E-state index contributed by atoms with van der Waals surface area (Å²) in [5.74, 6) is 0.637. The fourth-order valence-electron chi connectivity index (χ4n) is 2.02. The van der Waals surface area contributed by atoms with Gasteiger partial charge in [-0.15, -0.1) is 0 Å². The second-order valence-corrected chi connectivity index (χ2v) is 4.96. The van der Waals surface area contributed by atoms with Crippen molar-refractivity contribution in [1.29, 1.82) is 0 Å². The second-order valence-electron chi connectivity index (χ2n) is 4.52. The zero-order valence-corrected chi connectivity index (χ0v) is 12.2. The Labute approximate surface area is 122 Å². The standard InChI is InChI=1S/C15H16N2O2S/c1-10-4-3-7-17(15(10)18)9-11-5-6-13(19-2)12(8-11)14(16)20/h3-8H,9H2,1-2H3,(H2,16,20). The van der Waals surface area contributed by atoms with Gasteiger partial charge in [0, 0.05) is 11.8 Å². The molecule has 0 spiro atoms. The van der Waals surface area contributed by atoms with Crippen LogP contribution in [0.15, 0.2) is 41.3 Å². The van der Waals surface area contributed by atoms with Gasteiger partial charge in [-0.3, -0.25) is 4.79 Å². The molecule has 0 amide bonds. The molecule has 5 heteroatoms. The lowest BCUT2D eigenvalue weighted by molar-refractivity contribution is 0.414. The van der Waals surface area contributed by atoms with E-state index < -0.39 is 0 Å². The van der Waals surface area contributed by atoms with E-state index in [0.717, 1.165) is 11.1 Å². The van der Waals surface area contributed by atoms with Gasteiger partial charge < -0.3 is 15.0 Å². The number of aromatic nitrogens is 1. The third-order valence-electron chi connectivity index (χ3n) is 3.09. The number of benzene rings is 1. The average molecular weight is 288 g/mol. The van der Waals surface area contributed by atoms with Crippen molar-refractivity contribution < 1.29 is 4.74 Å². The molecule has 2 rings (SSSR count). The first-order chi connectivity index (χ1) is 9.52. The molecule has 1 heterocycles. The topological polar surface area (TPSA) is 57.2 Å². The van der Waals surface area contributed by atoms with Crippen LogP contribution in [0.2, 0.25) is 0 Å². The highest BCUT2D eigenvalue weighted by Crippen LogP contribution is 2.20. The largest absolute Gasteiger partial charge is 0.496 e. The maximum atomic E-state index is 12.0. The zero-order chi connectivity index (χ0) is 14.7. The molecule has 0 aliphatic carbocycles. The van der Waals surface area contributed by atoms with Crippen LogP contribution in [0.1, 0.15) is 16.7 Å². The van der Waals surface area contributed by atoms with Gasteiger partial charge in [-0.05, 0) is 30.7 Å². The molecule has 0 bridgehead atoms. The van der Waals surface area contributed by atoms with Gasteiger partial charge in [0.25, 0.3) is 5.56 Å². The number of rotatable bonds is 4. The number of thiocarbonyl (C=S) groups is 1. The summed E-state index contributed by atoms with van der Waals surface area (Å²) in [6.07, 6.45) is 1.76. The van der Waals surface area contributed by atoms with Gasteiger partial charge in [0.1, 0.15) is 10.7 Å². The van der Waals surface area contributed by atoms with E-state index in [1.807, 2.05) is 24.3 Å². The van der Waals surface area contributed by atoms with Crippen LogP contribution in [0, 0.1) is 6.92 Å². The van der Waals surface area contributed by atoms with Gasteiger partial charge in [0.2, 0.25) is 0 Å². The molecule has 2 N–H and O–H groups in total. The minimum atomic E-state index is 0.000179. The number of ether oxygens (including phenoxy) is 1.